The van der Waals surface area contributed by atoms with E-state index < -0.39 is 29.2 Å². The van der Waals surface area contributed by atoms with E-state index in [9.17, 15) is 14.7 Å². The zero-order valence-electron chi connectivity index (χ0n) is 14.9. The highest BCUT2D eigenvalue weighted by Crippen LogP contribution is 2.37. The number of alkyl halides is 1. The number of nitrogens with zero attached hydrogens (tertiary/aromatic N) is 1. The van der Waals surface area contributed by atoms with Gasteiger partial charge in [-0.15, -0.1) is 0 Å². The van der Waals surface area contributed by atoms with E-state index >= 15 is 0 Å². The minimum atomic E-state index is -0.972. The van der Waals surface area contributed by atoms with Crippen molar-refractivity contribution >= 4 is 23.7 Å². The van der Waals surface area contributed by atoms with Crippen LogP contribution in [0.15, 0.2) is 0 Å². The van der Waals surface area contributed by atoms with Crippen molar-refractivity contribution in [1.29, 1.82) is 0 Å². The number of rotatable bonds is 6. The quantitative estimate of drug-likeness (QED) is 0.551. The molecule has 24 heavy (non-hydrogen) atoms. The molecule has 1 amide bonds. The van der Waals surface area contributed by atoms with E-state index in [1.807, 2.05) is 0 Å². The van der Waals surface area contributed by atoms with Crippen LogP contribution in [0.1, 0.15) is 40.0 Å². The lowest BCUT2D eigenvalue weighted by Gasteiger charge is -2.41. The zero-order valence-corrected chi connectivity index (χ0v) is 15.7. The minimum absolute atomic E-state index is 0.151. The molecule has 1 fully saturated rings. The van der Waals surface area contributed by atoms with E-state index in [0.29, 0.717) is 25.9 Å². The largest absolute Gasteiger partial charge is 0.449 e. The number of esters is 1. The van der Waals surface area contributed by atoms with Crippen LogP contribution in [0.3, 0.4) is 0 Å². The Bertz CT molecular complexity index is 441. The molecule has 1 rings (SSSR count). The molecule has 2 atom stereocenters. The van der Waals surface area contributed by atoms with Crippen molar-refractivity contribution < 1.29 is 24.2 Å². The third-order valence-corrected chi connectivity index (χ3v) is 4.02. The van der Waals surface area contributed by atoms with Gasteiger partial charge in [0.2, 0.25) is 0 Å². The van der Waals surface area contributed by atoms with Gasteiger partial charge in [0.1, 0.15) is 5.60 Å². The number of halogens is 1. The van der Waals surface area contributed by atoms with Gasteiger partial charge in [0.25, 0.3) is 0 Å². The maximum atomic E-state index is 12.5. The molecule has 8 heteroatoms. The van der Waals surface area contributed by atoms with E-state index in [0.717, 1.165) is 0 Å². The summed E-state index contributed by atoms with van der Waals surface area (Å²) >= 11 is 5.54. The van der Waals surface area contributed by atoms with Crippen molar-refractivity contribution in [3.63, 3.8) is 0 Å². The summed E-state index contributed by atoms with van der Waals surface area (Å²) in [5, 5.41) is 13.0. The molecule has 1 saturated heterocycles. The summed E-state index contributed by atoms with van der Waals surface area (Å²) in [5.41, 5.74) is -1.58. The van der Waals surface area contributed by atoms with Gasteiger partial charge in [-0.25, -0.2) is 4.79 Å². The molecule has 0 spiro atoms. The average molecular weight is 365 g/mol. The number of piperidine rings is 1. The van der Waals surface area contributed by atoms with E-state index in [1.165, 1.54) is 4.90 Å². The molecule has 0 aromatic carbocycles. The van der Waals surface area contributed by atoms with E-state index in [-0.39, 0.29) is 19.0 Å². The summed E-state index contributed by atoms with van der Waals surface area (Å²) in [6, 6.07) is -0.255. The Morgan fingerprint density at radius 3 is 2.62 bits per heavy atom. The predicted octanol–water partition coefficient (Wildman–Crippen LogP) is 1.71. The second-order valence-corrected chi connectivity index (χ2v) is 7.46. The number of aliphatic hydroxyl groups is 1. The van der Waals surface area contributed by atoms with Crippen LogP contribution in [0.5, 0.6) is 0 Å². The highest BCUT2D eigenvalue weighted by atomic mass is 35.5. The summed E-state index contributed by atoms with van der Waals surface area (Å²) < 4.78 is 10.4. The van der Waals surface area contributed by atoms with Gasteiger partial charge in [0.05, 0.1) is 11.5 Å². The molecular formula is C16H29ClN2O5. The third kappa shape index (κ3) is 6.11. The molecule has 0 aromatic heterocycles. The number of amides is 1. The number of carbonyl (C=O) groups is 2. The van der Waals surface area contributed by atoms with Crippen molar-refractivity contribution in [3.8, 4) is 0 Å². The topological polar surface area (TPSA) is 88.1 Å². The van der Waals surface area contributed by atoms with Crippen molar-refractivity contribution in [2.75, 3.05) is 32.7 Å². The highest BCUT2D eigenvalue weighted by Gasteiger charge is 2.46. The lowest BCUT2D eigenvalue weighted by molar-refractivity contribution is -0.159. The van der Waals surface area contributed by atoms with Gasteiger partial charge >= 0.3 is 12.1 Å². The van der Waals surface area contributed by atoms with Gasteiger partial charge in [-0.3, -0.25) is 4.79 Å². The van der Waals surface area contributed by atoms with Crippen LogP contribution in [-0.2, 0) is 14.3 Å². The molecule has 2 N–H and O–H groups in total. The molecule has 0 aliphatic carbocycles. The Kier molecular flexibility index (Phi) is 7.76. The van der Waals surface area contributed by atoms with Gasteiger partial charge in [0, 0.05) is 19.6 Å². The van der Waals surface area contributed by atoms with Crippen molar-refractivity contribution in [2.45, 2.75) is 51.7 Å². The van der Waals surface area contributed by atoms with Crippen LogP contribution in [0.25, 0.3) is 0 Å². The summed E-state index contributed by atoms with van der Waals surface area (Å²) in [5.74, 6) is -0.485. The van der Waals surface area contributed by atoms with Gasteiger partial charge in [-0.1, -0.05) is 11.6 Å². The second kappa shape index (κ2) is 8.87. The highest BCUT2D eigenvalue weighted by molar-refractivity contribution is 6.17. The fraction of sp³-hybridized carbons (Fsp3) is 0.875. The molecule has 140 valence electrons. The second-order valence-electron chi connectivity index (χ2n) is 7.24. The van der Waals surface area contributed by atoms with Crippen LogP contribution in [0, 0.1) is 5.41 Å². The number of hydrogen-bond donors (Lipinski definition) is 2. The van der Waals surface area contributed by atoms with Gasteiger partial charge in [0.15, 0.2) is 6.07 Å². The van der Waals surface area contributed by atoms with Gasteiger partial charge < -0.3 is 24.8 Å². The number of nitrogens with one attached hydrogen (secondary N) is 1. The van der Waals surface area contributed by atoms with Crippen molar-refractivity contribution in [3.05, 3.63) is 0 Å². The lowest BCUT2D eigenvalue weighted by atomic mass is 9.75. The number of aliphatic hydroxyl groups excluding tert-OH is 1. The Labute approximate surface area is 148 Å². The molecule has 2 unspecified atom stereocenters. The smallest absolute Gasteiger partial charge is 0.410 e. The Balaban J connectivity index is 2.92. The molecule has 7 nitrogen and oxygen atoms in total. The van der Waals surface area contributed by atoms with Crippen molar-refractivity contribution in [1.82, 2.24) is 10.2 Å². The van der Waals surface area contributed by atoms with Gasteiger partial charge in [-0.2, -0.15) is 0 Å². The molecule has 1 aliphatic heterocycles. The number of likely N-dealkylation sites (tertiary alicyclic amines) is 1. The standard InChI is InChI=1S/C16H29ClN2O5/c1-15(2,3)24-14(22)19-7-5-6-16(10-19,13(21)23-11-17)8-12(20)9-18-4/h12,18,20H,5-11H2,1-4H3. The first-order valence-electron chi connectivity index (χ1n) is 8.17. The fourth-order valence-corrected chi connectivity index (χ4v) is 3.09. The van der Waals surface area contributed by atoms with E-state index in [2.05, 4.69) is 5.32 Å². The Hall–Kier alpha value is -1.05. The maximum absolute atomic E-state index is 12.5. The fourth-order valence-electron chi connectivity index (χ4n) is 2.99. The number of likely N-dealkylation sites (N-methyl/N-ethyl adjacent to an activating group) is 1. The Morgan fingerprint density at radius 1 is 1.42 bits per heavy atom. The molecule has 0 saturated carbocycles. The molecule has 0 bridgehead atoms. The summed E-state index contributed by atoms with van der Waals surface area (Å²) in [4.78, 5) is 26.4. The SMILES string of the molecule is CNCC(O)CC1(C(=O)OCCl)CCCN(C(=O)OC(C)(C)C)C1. The number of ether oxygens (including phenoxy) is 2. The average Bonchev–Trinajstić information content (AvgIpc) is 2.46. The number of carbonyl (C=O) groups excluding carboxylic acids is 2. The Morgan fingerprint density at radius 2 is 2.08 bits per heavy atom. The van der Waals surface area contributed by atoms with Crippen LogP contribution in [0.2, 0.25) is 0 Å². The molecule has 1 heterocycles. The molecule has 0 aromatic rings. The van der Waals surface area contributed by atoms with E-state index in [1.54, 1.807) is 27.8 Å². The lowest BCUT2D eigenvalue weighted by Crippen LogP contribution is -2.53. The molecular weight excluding hydrogens is 336 g/mol. The number of hydrogen-bond acceptors (Lipinski definition) is 6. The maximum Gasteiger partial charge on any atom is 0.410 e. The monoisotopic (exact) mass is 364 g/mol. The normalized spacial score (nSPS) is 22.8. The van der Waals surface area contributed by atoms with Crippen LogP contribution in [-0.4, -0.2) is 66.5 Å². The predicted molar refractivity (Wildman–Crippen MR) is 90.8 cm³/mol. The minimum Gasteiger partial charge on any atom is -0.449 e. The zero-order chi connectivity index (χ0) is 18.4. The van der Waals surface area contributed by atoms with Crippen LogP contribution < -0.4 is 5.32 Å². The first-order chi connectivity index (χ1) is 11.1. The van der Waals surface area contributed by atoms with Crippen molar-refractivity contribution in [2.24, 2.45) is 5.41 Å². The summed E-state index contributed by atoms with van der Waals surface area (Å²) in [6.45, 7) is 6.38. The van der Waals surface area contributed by atoms with Gasteiger partial charge in [-0.05, 0) is 47.1 Å². The van der Waals surface area contributed by atoms with Crippen LogP contribution in [0.4, 0.5) is 4.79 Å². The van der Waals surface area contributed by atoms with E-state index in [4.69, 9.17) is 21.1 Å². The summed E-state index contributed by atoms with van der Waals surface area (Å²) in [6.07, 6.45) is 0.166. The van der Waals surface area contributed by atoms with Crippen LogP contribution >= 0.6 is 11.6 Å². The first-order valence-corrected chi connectivity index (χ1v) is 8.71. The third-order valence-electron chi connectivity index (χ3n) is 3.91. The summed E-state index contributed by atoms with van der Waals surface area (Å²) in [7, 11) is 1.72. The molecule has 1 aliphatic rings. The molecule has 0 radical (unpaired) electrons. The first kappa shape index (κ1) is 21.0.